The van der Waals surface area contributed by atoms with Crippen LogP contribution in [-0.2, 0) is 4.79 Å². The van der Waals surface area contributed by atoms with Gasteiger partial charge in [-0.05, 0) is 26.3 Å². The molecule has 1 saturated heterocycles. The van der Waals surface area contributed by atoms with Gasteiger partial charge in [-0.1, -0.05) is 6.92 Å². The van der Waals surface area contributed by atoms with Crippen LogP contribution in [-0.4, -0.2) is 25.5 Å². The third kappa shape index (κ3) is 2.69. The summed E-state index contributed by atoms with van der Waals surface area (Å²) in [7, 11) is 0. The van der Waals surface area contributed by atoms with Crippen LogP contribution in [0.5, 0.6) is 0 Å². The molecule has 84 valence electrons. The number of hydrogen-bond acceptors (Lipinski definition) is 3. The molecule has 1 heterocycles. The third-order valence-electron chi connectivity index (χ3n) is 3.19. The van der Waals surface area contributed by atoms with Crippen molar-refractivity contribution in [3.05, 3.63) is 0 Å². The van der Waals surface area contributed by atoms with Crippen molar-refractivity contribution < 1.29 is 4.79 Å². The van der Waals surface area contributed by atoms with E-state index in [0.717, 1.165) is 25.9 Å². The minimum Gasteiger partial charge on any atom is -0.354 e. The number of nitrogens with zero attached hydrogens (tertiary/aromatic N) is 1. The summed E-state index contributed by atoms with van der Waals surface area (Å²) >= 11 is 0. The second-order valence-corrected chi connectivity index (χ2v) is 4.30. The maximum Gasteiger partial charge on any atom is 0.227 e. The molecule has 1 fully saturated rings. The normalized spacial score (nSPS) is 27.0. The largest absolute Gasteiger partial charge is 0.354 e. The molecular formula is C11H19N3O. The van der Waals surface area contributed by atoms with Gasteiger partial charge in [0, 0.05) is 13.1 Å². The predicted octanol–water partition coefficient (Wildman–Crippen LogP) is 0.652. The molecule has 2 N–H and O–H groups in total. The minimum absolute atomic E-state index is 0.0945. The van der Waals surface area contributed by atoms with Gasteiger partial charge in [-0.2, -0.15) is 5.26 Å². The standard InChI is InChI=1S/C11H19N3O/c1-3-11(4-5-13-8-11)10(15)14-7-9(2)6-12/h9,13H,3-5,7-8H2,1-2H3,(H,14,15). The van der Waals surface area contributed by atoms with Crippen LogP contribution in [0, 0.1) is 22.7 Å². The molecule has 0 saturated carbocycles. The Bertz CT molecular complexity index is 263. The topological polar surface area (TPSA) is 64.9 Å². The molecule has 0 aromatic carbocycles. The summed E-state index contributed by atoms with van der Waals surface area (Å²) < 4.78 is 0. The Hall–Kier alpha value is -1.08. The van der Waals surface area contributed by atoms with E-state index in [1.54, 1.807) is 0 Å². The maximum absolute atomic E-state index is 12.0. The van der Waals surface area contributed by atoms with Gasteiger partial charge in [-0.25, -0.2) is 0 Å². The summed E-state index contributed by atoms with van der Waals surface area (Å²) in [6.07, 6.45) is 1.75. The highest BCUT2D eigenvalue weighted by Gasteiger charge is 2.39. The van der Waals surface area contributed by atoms with Gasteiger partial charge in [-0.15, -0.1) is 0 Å². The van der Waals surface area contributed by atoms with Crippen LogP contribution in [0.25, 0.3) is 0 Å². The first-order valence-corrected chi connectivity index (χ1v) is 5.53. The molecule has 0 aliphatic carbocycles. The molecular weight excluding hydrogens is 190 g/mol. The van der Waals surface area contributed by atoms with Gasteiger partial charge in [0.2, 0.25) is 5.91 Å². The van der Waals surface area contributed by atoms with Gasteiger partial charge < -0.3 is 10.6 Å². The van der Waals surface area contributed by atoms with Crippen LogP contribution in [0.2, 0.25) is 0 Å². The first-order chi connectivity index (χ1) is 7.14. The van der Waals surface area contributed by atoms with Crippen molar-refractivity contribution in [2.75, 3.05) is 19.6 Å². The highest BCUT2D eigenvalue weighted by Crippen LogP contribution is 2.29. The Balaban J connectivity index is 2.48. The number of nitriles is 1. The smallest absolute Gasteiger partial charge is 0.227 e. The lowest BCUT2D eigenvalue weighted by Gasteiger charge is -2.25. The number of rotatable bonds is 4. The number of carbonyl (C=O) groups excluding carboxylic acids is 1. The van der Waals surface area contributed by atoms with Crippen molar-refractivity contribution in [2.45, 2.75) is 26.7 Å². The van der Waals surface area contributed by atoms with E-state index in [9.17, 15) is 4.79 Å². The summed E-state index contributed by atoms with van der Waals surface area (Å²) in [4.78, 5) is 12.0. The zero-order valence-corrected chi connectivity index (χ0v) is 9.47. The van der Waals surface area contributed by atoms with E-state index in [0.29, 0.717) is 6.54 Å². The minimum atomic E-state index is -0.241. The van der Waals surface area contributed by atoms with Crippen LogP contribution in [0.4, 0.5) is 0 Å². The van der Waals surface area contributed by atoms with Gasteiger partial charge >= 0.3 is 0 Å². The first kappa shape index (κ1) is 12.0. The fourth-order valence-corrected chi connectivity index (χ4v) is 1.88. The first-order valence-electron chi connectivity index (χ1n) is 5.53. The fraction of sp³-hybridized carbons (Fsp3) is 0.818. The molecule has 0 aromatic rings. The van der Waals surface area contributed by atoms with E-state index in [2.05, 4.69) is 16.7 Å². The number of nitrogens with one attached hydrogen (secondary N) is 2. The zero-order chi connectivity index (χ0) is 11.3. The molecule has 0 spiro atoms. The summed E-state index contributed by atoms with van der Waals surface area (Å²) in [6, 6.07) is 2.11. The van der Waals surface area contributed by atoms with E-state index in [-0.39, 0.29) is 17.2 Å². The van der Waals surface area contributed by atoms with E-state index in [1.807, 2.05) is 13.8 Å². The second kappa shape index (κ2) is 5.13. The molecule has 1 rings (SSSR count). The SMILES string of the molecule is CCC1(C(=O)NCC(C)C#N)CCNC1. The molecule has 0 radical (unpaired) electrons. The average Bonchev–Trinajstić information content (AvgIpc) is 2.75. The number of amides is 1. The van der Waals surface area contributed by atoms with Crippen molar-refractivity contribution in [1.29, 1.82) is 5.26 Å². The Morgan fingerprint density at radius 2 is 2.47 bits per heavy atom. The fourth-order valence-electron chi connectivity index (χ4n) is 1.88. The quantitative estimate of drug-likeness (QED) is 0.714. The number of carbonyl (C=O) groups is 1. The second-order valence-electron chi connectivity index (χ2n) is 4.30. The van der Waals surface area contributed by atoms with Gasteiger partial charge in [0.1, 0.15) is 0 Å². The summed E-state index contributed by atoms with van der Waals surface area (Å²) in [6.45, 7) is 5.98. The van der Waals surface area contributed by atoms with Gasteiger partial charge in [0.25, 0.3) is 0 Å². The van der Waals surface area contributed by atoms with Crippen LogP contribution in [0.3, 0.4) is 0 Å². The van der Waals surface area contributed by atoms with Crippen LogP contribution in [0.1, 0.15) is 26.7 Å². The van der Waals surface area contributed by atoms with Crippen molar-refractivity contribution in [3.63, 3.8) is 0 Å². The van der Waals surface area contributed by atoms with Crippen LogP contribution in [0.15, 0.2) is 0 Å². The highest BCUT2D eigenvalue weighted by molar-refractivity contribution is 5.83. The van der Waals surface area contributed by atoms with E-state index in [1.165, 1.54) is 0 Å². The zero-order valence-electron chi connectivity index (χ0n) is 9.47. The van der Waals surface area contributed by atoms with E-state index < -0.39 is 0 Å². The number of hydrogen-bond donors (Lipinski definition) is 2. The van der Waals surface area contributed by atoms with Crippen LogP contribution < -0.4 is 10.6 Å². The highest BCUT2D eigenvalue weighted by atomic mass is 16.2. The Kier molecular flexibility index (Phi) is 4.10. The Labute approximate surface area is 91.0 Å². The average molecular weight is 209 g/mol. The third-order valence-corrected chi connectivity index (χ3v) is 3.19. The lowest BCUT2D eigenvalue weighted by Crippen LogP contribution is -2.43. The Morgan fingerprint density at radius 3 is 2.93 bits per heavy atom. The summed E-state index contributed by atoms with van der Waals surface area (Å²) in [5.41, 5.74) is -0.241. The molecule has 2 atom stereocenters. The molecule has 4 heteroatoms. The van der Waals surface area contributed by atoms with E-state index in [4.69, 9.17) is 5.26 Å². The van der Waals surface area contributed by atoms with Crippen molar-refractivity contribution in [1.82, 2.24) is 10.6 Å². The molecule has 15 heavy (non-hydrogen) atoms. The van der Waals surface area contributed by atoms with E-state index >= 15 is 0 Å². The summed E-state index contributed by atoms with van der Waals surface area (Å²) in [5.74, 6) is -0.0191. The predicted molar refractivity (Wildman–Crippen MR) is 58.0 cm³/mol. The molecule has 4 nitrogen and oxygen atoms in total. The maximum atomic E-state index is 12.0. The lowest BCUT2D eigenvalue weighted by atomic mass is 9.83. The Morgan fingerprint density at radius 1 is 1.73 bits per heavy atom. The molecule has 1 amide bonds. The van der Waals surface area contributed by atoms with Crippen molar-refractivity contribution >= 4 is 5.91 Å². The van der Waals surface area contributed by atoms with Gasteiger partial charge in [-0.3, -0.25) is 4.79 Å². The van der Waals surface area contributed by atoms with Crippen molar-refractivity contribution in [2.24, 2.45) is 11.3 Å². The molecule has 0 aromatic heterocycles. The van der Waals surface area contributed by atoms with Crippen molar-refractivity contribution in [3.8, 4) is 6.07 Å². The monoisotopic (exact) mass is 209 g/mol. The van der Waals surface area contributed by atoms with Gasteiger partial charge in [0.15, 0.2) is 0 Å². The molecule has 1 aliphatic heterocycles. The lowest BCUT2D eigenvalue weighted by molar-refractivity contribution is -0.130. The molecule has 2 unspecified atom stereocenters. The van der Waals surface area contributed by atoms with Gasteiger partial charge in [0.05, 0.1) is 17.4 Å². The summed E-state index contributed by atoms with van der Waals surface area (Å²) in [5, 5.41) is 14.7. The molecule has 1 aliphatic rings. The molecule has 0 bridgehead atoms. The van der Waals surface area contributed by atoms with Crippen LogP contribution >= 0.6 is 0 Å².